The number of Topliss-reactive ketones (excluding diaryl/α,β-unsaturated/α-hetero) is 1. The van der Waals surface area contributed by atoms with Gasteiger partial charge in [-0.15, -0.1) is 0 Å². The molecule has 162 valence electrons. The minimum absolute atomic E-state index is 0.0342. The quantitative estimate of drug-likeness (QED) is 0.328. The first-order valence-electron chi connectivity index (χ1n) is 10.8. The van der Waals surface area contributed by atoms with Gasteiger partial charge in [0.1, 0.15) is 0 Å². The molecule has 4 nitrogen and oxygen atoms in total. The van der Waals surface area contributed by atoms with Gasteiger partial charge in [0.25, 0.3) is 5.91 Å². The molecule has 3 aromatic carbocycles. The summed E-state index contributed by atoms with van der Waals surface area (Å²) in [6.07, 6.45) is 3.28. The van der Waals surface area contributed by atoms with E-state index in [1.54, 1.807) is 19.1 Å². The Labute approximate surface area is 196 Å². The van der Waals surface area contributed by atoms with Crippen LogP contribution in [0, 0.1) is 0 Å². The summed E-state index contributed by atoms with van der Waals surface area (Å²) in [6, 6.07) is 15.1. The second-order valence-corrected chi connectivity index (χ2v) is 9.18. The molecule has 0 spiro atoms. The molecule has 0 bridgehead atoms. The number of fused-ring (bicyclic) bond motifs is 3. The van der Waals surface area contributed by atoms with E-state index < -0.39 is 0 Å². The number of aromatic amines is 1. The van der Waals surface area contributed by atoms with Crippen LogP contribution in [-0.2, 0) is 0 Å². The molecular weight excluding hydrogens is 443 g/mol. The van der Waals surface area contributed by atoms with E-state index in [1.807, 2.05) is 41.3 Å². The molecule has 1 fully saturated rings. The topological polar surface area (TPSA) is 53.2 Å². The first-order chi connectivity index (χ1) is 15.4. The van der Waals surface area contributed by atoms with E-state index in [0.717, 1.165) is 58.9 Å². The number of piperidine rings is 1. The molecule has 32 heavy (non-hydrogen) atoms. The van der Waals surface area contributed by atoms with Gasteiger partial charge in [-0.3, -0.25) is 9.59 Å². The molecule has 1 aromatic heterocycles. The number of hydrogen-bond donors (Lipinski definition) is 1. The van der Waals surface area contributed by atoms with E-state index in [0.29, 0.717) is 21.2 Å². The summed E-state index contributed by atoms with van der Waals surface area (Å²) in [5, 5.41) is 2.77. The zero-order chi connectivity index (χ0) is 22.4. The summed E-state index contributed by atoms with van der Waals surface area (Å²) in [6.45, 7) is 3.17. The fourth-order valence-corrected chi connectivity index (χ4v) is 4.83. The van der Waals surface area contributed by atoms with Gasteiger partial charge in [-0.25, -0.2) is 0 Å². The second-order valence-electron chi connectivity index (χ2n) is 8.37. The maximum Gasteiger partial charge on any atom is 0.253 e. The van der Waals surface area contributed by atoms with Gasteiger partial charge in [-0.05, 0) is 79.8 Å². The van der Waals surface area contributed by atoms with Crippen molar-refractivity contribution in [2.24, 2.45) is 0 Å². The Kier molecular flexibility index (Phi) is 5.44. The standard InChI is InChI=1S/C26H22Cl2N2O2/c1-15(31)19-12-18(16-5-7-22(27)23(28)14-16)13-21-20-11-17(6-8-24(20)29-25(19)21)26(32)30-9-3-2-4-10-30/h5-8,11-14,29H,2-4,9-10H2,1H3. The number of carbonyl (C=O) groups excluding carboxylic acids is 2. The van der Waals surface area contributed by atoms with Crippen molar-refractivity contribution in [3.05, 3.63) is 69.7 Å². The number of nitrogens with one attached hydrogen (secondary N) is 1. The minimum atomic E-state index is -0.0342. The second kappa shape index (κ2) is 8.27. The lowest BCUT2D eigenvalue weighted by atomic mass is 9.97. The molecule has 0 atom stereocenters. The summed E-state index contributed by atoms with van der Waals surface area (Å²) >= 11 is 12.3. The maximum atomic E-state index is 13.1. The van der Waals surface area contributed by atoms with Crippen molar-refractivity contribution in [2.75, 3.05) is 13.1 Å². The van der Waals surface area contributed by atoms with Crippen LogP contribution in [0.3, 0.4) is 0 Å². The number of benzene rings is 3. The van der Waals surface area contributed by atoms with Gasteiger partial charge in [0, 0.05) is 40.5 Å². The number of H-pyrrole nitrogens is 1. The van der Waals surface area contributed by atoms with Gasteiger partial charge in [-0.1, -0.05) is 29.3 Å². The summed E-state index contributed by atoms with van der Waals surface area (Å²) < 4.78 is 0. The molecule has 0 saturated carbocycles. The highest BCUT2D eigenvalue weighted by Crippen LogP contribution is 2.35. The molecular formula is C26H22Cl2N2O2. The van der Waals surface area contributed by atoms with E-state index in [9.17, 15) is 9.59 Å². The van der Waals surface area contributed by atoms with E-state index >= 15 is 0 Å². The van der Waals surface area contributed by atoms with Crippen molar-refractivity contribution >= 4 is 56.7 Å². The number of halogens is 2. The van der Waals surface area contributed by atoms with Gasteiger partial charge in [0.15, 0.2) is 5.78 Å². The van der Waals surface area contributed by atoms with Crippen LogP contribution >= 0.6 is 23.2 Å². The smallest absolute Gasteiger partial charge is 0.253 e. The number of amides is 1. The Morgan fingerprint density at radius 1 is 0.844 bits per heavy atom. The number of hydrogen-bond acceptors (Lipinski definition) is 2. The zero-order valence-electron chi connectivity index (χ0n) is 17.7. The van der Waals surface area contributed by atoms with Gasteiger partial charge in [0.05, 0.1) is 15.6 Å². The lowest BCUT2D eigenvalue weighted by Crippen LogP contribution is -2.35. The van der Waals surface area contributed by atoms with Crippen LogP contribution < -0.4 is 0 Å². The molecule has 1 aliphatic rings. The fraction of sp³-hybridized carbons (Fsp3) is 0.231. The van der Waals surface area contributed by atoms with Crippen molar-refractivity contribution in [1.29, 1.82) is 0 Å². The van der Waals surface area contributed by atoms with E-state index in [-0.39, 0.29) is 11.7 Å². The number of likely N-dealkylation sites (tertiary alicyclic amines) is 1. The van der Waals surface area contributed by atoms with Crippen molar-refractivity contribution in [3.63, 3.8) is 0 Å². The number of nitrogens with zero attached hydrogens (tertiary/aromatic N) is 1. The fourth-order valence-electron chi connectivity index (χ4n) is 4.53. The van der Waals surface area contributed by atoms with Crippen LogP contribution in [0.4, 0.5) is 0 Å². The predicted molar refractivity (Wildman–Crippen MR) is 131 cm³/mol. The first kappa shape index (κ1) is 21.0. The van der Waals surface area contributed by atoms with E-state index in [2.05, 4.69) is 4.98 Å². The Morgan fingerprint density at radius 3 is 2.34 bits per heavy atom. The minimum Gasteiger partial charge on any atom is -0.354 e. The van der Waals surface area contributed by atoms with Crippen molar-refractivity contribution in [3.8, 4) is 11.1 Å². The maximum absolute atomic E-state index is 13.1. The molecule has 5 rings (SSSR count). The molecule has 1 N–H and O–H groups in total. The Bertz CT molecular complexity index is 1380. The molecule has 0 unspecified atom stereocenters. The molecule has 0 aliphatic carbocycles. The average Bonchev–Trinajstić information content (AvgIpc) is 3.18. The predicted octanol–water partition coefficient (Wildman–Crippen LogP) is 7.12. The molecule has 1 saturated heterocycles. The molecule has 1 aliphatic heterocycles. The number of ketones is 1. The van der Waals surface area contributed by atoms with Crippen molar-refractivity contribution < 1.29 is 9.59 Å². The van der Waals surface area contributed by atoms with Crippen LogP contribution in [0.15, 0.2) is 48.5 Å². The molecule has 1 amide bonds. The first-order valence-corrected chi connectivity index (χ1v) is 11.5. The zero-order valence-corrected chi connectivity index (χ0v) is 19.2. The SMILES string of the molecule is CC(=O)c1cc(-c2ccc(Cl)c(Cl)c2)cc2c1[nH]c1ccc(C(=O)N3CCCCC3)cc12. The number of aromatic nitrogens is 1. The largest absolute Gasteiger partial charge is 0.354 e. The normalized spacial score (nSPS) is 14.3. The Morgan fingerprint density at radius 2 is 1.62 bits per heavy atom. The van der Waals surface area contributed by atoms with Crippen LogP contribution in [0.25, 0.3) is 32.9 Å². The lowest BCUT2D eigenvalue weighted by molar-refractivity contribution is 0.0724. The van der Waals surface area contributed by atoms with Crippen LogP contribution in [0.5, 0.6) is 0 Å². The van der Waals surface area contributed by atoms with Gasteiger partial charge in [-0.2, -0.15) is 0 Å². The lowest BCUT2D eigenvalue weighted by Gasteiger charge is -2.26. The van der Waals surface area contributed by atoms with Gasteiger partial charge < -0.3 is 9.88 Å². The van der Waals surface area contributed by atoms with E-state index in [1.165, 1.54) is 6.42 Å². The van der Waals surface area contributed by atoms with E-state index in [4.69, 9.17) is 23.2 Å². The average molecular weight is 465 g/mol. The van der Waals surface area contributed by atoms with Gasteiger partial charge in [0.2, 0.25) is 0 Å². The van der Waals surface area contributed by atoms with Crippen LogP contribution in [0.1, 0.15) is 46.9 Å². The van der Waals surface area contributed by atoms with Gasteiger partial charge >= 0.3 is 0 Å². The molecule has 0 radical (unpaired) electrons. The highest BCUT2D eigenvalue weighted by molar-refractivity contribution is 6.42. The monoisotopic (exact) mass is 464 g/mol. The molecule has 2 heterocycles. The molecule has 4 aromatic rings. The highest BCUT2D eigenvalue weighted by Gasteiger charge is 2.20. The third-order valence-corrected chi connectivity index (χ3v) is 6.97. The Hall–Kier alpha value is -2.82. The van der Waals surface area contributed by atoms with Crippen molar-refractivity contribution in [2.45, 2.75) is 26.2 Å². The summed E-state index contributed by atoms with van der Waals surface area (Å²) in [7, 11) is 0. The Balaban J connectivity index is 1.69. The van der Waals surface area contributed by atoms with Crippen LogP contribution in [-0.4, -0.2) is 34.7 Å². The summed E-state index contributed by atoms with van der Waals surface area (Å²) in [4.78, 5) is 30.9. The number of carbonyl (C=O) groups is 2. The summed E-state index contributed by atoms with van der Waals surface area (Å²) in [5.74, 6) is 0.0291. The van der Waals surface area contributed by atoms with Crippen LogP contribution in [0.2, 0.25) is 10.0 Å². The third kappa shape index (κ3) is 3.68. The third-order valence-electron chi connectivity index (χ3n) is 6.23. The highest BCUT2D eigenvalue weighted by atomic mass is 35.5. The molecule has 6 heteroatoms. The van der Waals surface area contributed by atoms with Crippen molar-refractivity contribution in [1.82, 2.24) is 9.88 Å². The number of rotatable bonds is 3. The summed E-state index contributed by atoms with van der Waals surface area (Å²) in [5.41, 5.74) is 4.68.